The first-order chi connectivity index (χ1) is 18.4. The van der Waals surface area contributed by atoms with E-state index in [-0.39, 0.29) is 42.9 Å². The van der Waals surface area contributed by atoms with Crippen molar-refractivity contribution < 1.29 is 33.3 Å². The molecule has 0 saturated heterocycles. The molecule has 6 rings (SSSR count). The summed E-state index contributed by atoms with van der Waals surface area (Å²) in [6.45, 7) is -3.16. The van der Waals surface area contributed by atoms with Crippen molar-refractivity contribution >= 4 is 11.4 Å². The molecule has 1 fully saturated rings. The van der Waals surface area contributed by atoms with E-state index in [1.54, 1.807) is 24.1 Å². The van der Waals surface area contributed by atoms with Gasteiger partial charge in [0.1, 0.15) is 11.9 Å². The van der Waals surface area contributed by atoms with Crippen molar-refractivity contribution in [2.24, 2.45) is 0 Å². The van der Waals surface area contributed by atoms with Gasteiger partial charge in [-0.3, -0.25) is 4.79 Å². The van der Waals surface area contributed by atoms with Crippen molar-refractivity contribution in [1.82, 2.24) is 14.5 Å². The van der Waals surface area contributed by atoms with Crippen LogP contribution in [0.5, 0.6) is 5.75 Å². The first kappa shape index (κ1) is 25.2. The average molecular weight is 528 g/mol. The Hall–Kier alpha value is -3.08. The lowest BCUT2D eigenvalue weighted by Gasteiger charge is -2.29. The number of carbonyl (C=O) groups excluding carboxylic acids is 1. The Balaban J connectivity index is 1.34. The van der Waals surface area contributed by atoms with Crippen molar-refractivity contribution in [3.8, 4) is 5.75 Å². The van der Waals surface area contributed by atoms with Gasteiger partial charge in [-0.25, -0.2) is 4.52 Å². The molecule has 1 saturated carbocycles. The van der Waals surface area contributed by atoms with Gasteiger partial charge in [-0.15, -0.1) is 0 Å². The minimum Gasteiger partial charge on any atom is -0.434 e. The van der Waals surface area contributed by atoms with Crippen molar-refractivity contribution in [2.75, 3.05) is 20.3 Å². The molecule has 2 aliphatic carbocycles. The van der Waals surface area contributed by atoms with E-state index in [0.29, 0.717) is 23.5 Å². The predicted octanol–water partition coefficient (Wildman–Crippen LogP) is 3.99. The van der Waals surface area contributed by atoms with E-state index in [9.17, 15) is 18.7 Å². The van der Waals surface area contributed by atoms with Gasteiger partial charge in [-0.05, 0) is 67.9 Å². The summed E-state index contributed by atoms with van der Waals surface area (Å²) in [4.78, 5) is 15.0. The number of benzene rings is 1. The molecule has 202 valence electrons. The van der Waals surface area contributed by atoms with Gasteiger partial charge in [0.2, 0.25) is 0 Å². The summed E-state index contributed by atoms with van der Waals surface area (Å²) in [7, 11) is 1.74. The van der Waals surface area contributed by atoms with E-state index < -0.39 is 12.7 Å². The molecule has 8 nitrogen and oxygen atoms in total. The van der Waals surface area contributed by atoms with Crippen molar-refractivity contribution in [2.45, 2.75) is 68.8 Å². The number of halogens is 2. The molecule has 0 radical (unpaired) electrons. The second-order valence-corrected chi connectivity index (χ2v) is 10.5. The van der Waals surface area contributed by atoms with Gasteiger partial charge in [-0.1, -0.05) is 6.07 Å². The standard InChI is InChI=1S/C28H31F2N3O5/c1-32-22-12-20(24-19(27(32)36)3-2-4-23(24)38-28(29)30)25-21-11-16(9-10-33(21)31-26(22)25)15-5-7-18(8-6-15)37-14-17(35)13-34/h2-4,9-11,15,17-18,20,22,28,34-35H,5-8,12-14H2,1H3/t15?,17-,18?,20-,22-/m1/s1. The lowest BCUT2D eigenvalue weighted by Crippen LogP contribution is -2.30. The summed E-state index contributed by atoms with van der Waals surface area (Å²) in [5.74, 6) is -0.131. The smallest absolute Gasteiger partial charge is 0.387 e. The fourth-order valence-electron chi connectivity index (χ4n) is 6.50. The minimum absolute atomic E-state index is 0.0397. The van der Waals surface area contributed by atoms with Gasteiger partial charge >= 0.3 is 6.61 Å². The van der Waals surface area contributed by atoms with E-state index in [4.69, 9.17) is 19.7 Å². The molecule has 3 aromatic rings. The monoisotopic (exact) mass is 527 g/mol. The molecule has 38 heavy (non-hydrogen) atoms. The fourth-order valence-corrected chi connectivity index (χ4v) is 6.50. The molecular formula is C28H31F2N3O5. The van der Waals surface area contributed by atoms with Gasteiger partial charge in [0.25, 0.3) is 5.91 Å². The summed E-state index contributed by atoms with van der Waals surface area (Å²) in [5.41, 5.74) is 4.79. The Kier molecular flexibility index (Phi) is 6.57. The second-order valence-electron chi connectivity index (χ2n) is 10.5. The zero-order valence-electron chi connectivity index (χ0n) is 21.1. The molecule has 3 atom stereocenters. The number of aromatic nitrogens is 2. The molecule has 1 aromatic carbocycles. The van der Waals surface area contributed by atoms with Crippen LogP contribution >= 0.6 is 0 Å². The topological polar surface area (TPSA) is 96.5 Å². The van der Waals surface area contributed by atoms with Crippen LogP contribution in [0, 0.1) is 0 Å². The first-order valence-corrected chi connectivity index (χ1v) is 13.1. The number of nitrogens with zero attached hydrogens (tertiary/aromatic N) is 3. The van der Waals surface area contributed by atoms with Crippen LogP contribution in [0.4, 0.5) is 8.78 Å². The van der Waals surface area contributed by atoms with Crippen molar-refractivity contribution in [1.29, 1.82) is 0 Å². The number of hydrogen-bond acceptors (Lipinski definition) is 6. The van der Waals surface area contributed by atoms with E-state index in [1.165, 1.54) is 11.6 Å². The van der Waals surface area contributed by atoms with Gasteiger partial charge in [-0.2, -0.15) is 13.9 Å². The van der Waals surface area contributed by atoms with Gasteiger partial charge in [0.15, 0.2) is 0 Å². The number of carbonyl (C=O) groups is 1. The maximum Gasteiger partial charge on any atom is 0.387 e. The molecule has 2 aromatic heterocycles. The van der Waals surface area contributed by atoms with Crippen LogP contribution in [0.15, 0.2) is 36.5 Å². The molecule has 0 spiro atoms. The third-order valence-corrected chi connectivity index (χ3v) is 8.38. The summed E-state index contributed by atoms with van der Waals surface area (Å²) in [6, 6.07) is 8.76. The van der Waals surface area contributed by atoms with Gasteiger partial charge < -0.3 is 24.6 Å². The third kappa shape index (κ3) is 4.24. The van der Waals surface area contributed by atoms with Crippen molar-refractivity contribution in [3.05, 3.63) is 64.5 Å². The number of ether oxygens (including phenoxy) is 2. The minimum atomic E-state index is -2.99. The Labute approximate surface area is 218 Å². The van der Waals surface area contributed by atoms with Crippen LogP contribution in [0.1, 0.15) is 82.7 Å². The maximum atomic E-state index is 13.3. The van der Waals surface area contributed by atoms with E-state index in [2.05, 4.69) is 12.1 Å². The Bertz CT molecular complexity index is 1350. The van der Waals surface area contributed by atoms with Crippen molar-refractivity contribution in [3.63, 3.8) is 0 Å². The number of hydrogen-bond donors (Lipinski definition) is 2. The molecule has 0 unspecified atom stereocenters. The number of pyridine rings is 1. The molecule has 10 heteroatoms. The summed E-state index contributed by atoms with van der Waals surface area (Å²) >= 11 is 0. The van der Waals surface area contributed by atoms with E-state index in [0.717, 1.165) is 42.5 Å². The number of aliphatic hydroxyl groups is 2. The molecule has 2 bridgehead atoms. The Morgan fingerprint density at radius 2 is 1.95 bits per heavy atom. The van der Waals surface area contributed by atoms with Crippen LogP contribution in [0.2, 0.25) is 0 Å². The third-order valence-electron chi connectivity index (χ3n) is 8.38. The Morgan fingerprint density at radius 3 is 2.68 bits per heavy atom. The first-order valence-electron chi connectivity index (χ1n) is 13.1. The van der Waals surface area contributed by atoms with E-state index in [1.807, 2.05) is 10.7 Å². The van der Waals surface area contributed by atoms with Gasteiger partial charge in [0, 0.05) is 35.9 Å². The summed E-state index contributed by atoms with van der Waals surface area (Å²) < 4.78 is 39.1. The fraction of sp³-hybridized carbons (Fsp3) is 0.500. The molecule has 3 heterocycles. The highest BCUT2D eigenvalue weighted by Crippen LogP contribution is 2.53. The lowest BCUT2D eigenvalue weighted by molar-refractivity contribution is -0.0505. The van der Waals surface area contributed by atoms with Crippen LogP contribution < -0.4 is 4.74 Å². The number of aliphatic hydroxyl groups excluding tert-OH is 2. The highest BCUT2D eigenvalue weighted by atomic mass is 19.3. The Morgan fingerprint density at radius 1 is 1.16 bits per heavy atom. The second kappa shape index (κ2) is 9.91. The maximum absolute atomic E-state index is 13.3. The number of fused-ring (bicyclic) bond motifs is 9. The average Bonchev–Trinajstić information content (AvgIpc) is 3.44. The number of rotatable bonds is 7. The van der Waals surface area contributed by atoms with Crippen LogP contribution in [0.25, 0.3) is 5.52 Å². The largest absolute Gasteiger partial charge is 0.434 e. The zero-order valence-corrected chi connectivity index (χ0v) is 21.1. The molecule has 1 aliphatic heterocycles. The summed E-state index contributed by atoms with van der Waals surface area (Å²) in [6.07, 6.45) is 5.33. The number of alkyl halides is 2. The van der Waals surface area contributed by atoms with E-state index >= 15 is 0 Å². The molecule has 2 N–H and O–H groups in total. The van der Waals surface area contributed by atoms with Crippen LogP contribution in [0.3, 0.4) is 0 Å². The molecular weight excluding hydrogens is 496 g/mol. The highest BCUT2D eigenvalue weighted by Gasteiger charge is 2.46. The zero-order chi connectivity index (χ0) is 26.6. The normalized spacial score (nSPS) is 25.4. The van der Waals surface area contributed by atoms with Crippen LogP contribution in [-0.2, 0) is 4.74 Å². The number of amides is 1. The van der Waals surface area contributed by atoms with Crippen LogP contribution in [-0.4, -0.2) is 69.7 Å². The molecule has 3 aliphatic rings. The molecule has 1 amide bonds. The predicted molar refractivity (Wildman–Crippen MR) is 134 cm³/mol. The highest BCUT2D eigenvalue weighted by molar-refractivity contribution is 5.98. The lowest BCUT2D eigenvalue weighted by atomic mass is 9.82. The summed E-state index contributed by atoms with van der Waals surface area (Å²) in [5, 5.41) is 23.4. The quantitative estimate of drug-likeness (QED) is 0.482. The van der Waals surface area contributed by atoms with Gasteiger partial charge in [0.05, 0.1) is 36.6 Å². The SMILES string of the molecule is CN1C(=O)c2cccc(OC(F)F)c2[C@H]2C[C@@H]1c1nn3ccc(C4CCC(OC[C@H](O)CO)CC4)cc3c12.